The molecule has 1 amide bonds. The van der Waals surface area contributed by atoms with Crippen LogP contribution >= 0.6 is 11.8 Å². The molecule has 1 aliphatic heterocycles. The molecule has 4 nitrogen and oxygen atoms in total. The van der Waals surface area contributed by atoms with Crippen molar-refractivity contribution < 1.29 is 4.79 Å². The van der Waals surface area contributed by atoms with Crippen molar-refractivity contribution in [1.82, 2.24) is 10.2 Å². The first-order valence-electron chi connectivity index (χ1n) is 7.95. The third-order valence-corrected chi connectivity index (χ3v) is 6.79. The van der Waals surface area contributed by atoms with Crippen molar-refractivity contribution in [2.45, 2.75) is 49.6 Å². The number of amides is 1. The van der Waals surface area contributed by atoms with Gasteiger partial charge in [0.15, 0.2) is 0 Å². The van der Waals surface area contributed by atoms with Gasteiger partial charge in [-0.15, -0.1) is 11.8 Å². The molecule has 4 aliphatic carbocycles. The number of carbonyl (C=O) groups is 1. The lowest BCUT2D eigenvalue weighted by Gasteiger charge is -2.61. The Hall–Kier alpha value is -0.260. The second-order valence-electron chi connectivity index (χ2n) is 7.65. The van der Waals surface area contributed by atoms with E-state index in [1.165, 1.54) is 32.1 Å². The fraction of sp³-hybridized carbons (Fsp3) is 0.933. The van der Waals surface area contributed by atoms with Gasteiger partial charge in [-0.2, -0.15) is 0 Å². The lowest BCUT2D eigenvalue weighted by Crippen LogP contribution is -2.68. The molecule has 0 aromatic carbocycles. The van der Waals surface area contributed by atoms with Crippen LogP contribution in [0.3, 0.4) is 0 Å². The Kier molecular flexibility index (Phi) is 3.09. The number of nitrogens with zero attached hydrogens (tertiary/aromatic N) is 1. The highest BCUT2D eigenvalue weighted by molar-refractivity contribution is 7.99. The van der Waals surface area contributed by atoms with E-state index in [0.717, 1.165) is 36.4 Å². The molecule has 1 saturated heterocycles. The monoisotopic (exact) mass is 295 g/mol. The lowest BCUT2D eigenvalue weighted by atomic mass is 9.50. The summed E-state index contributed by atoms with van der Waals surface area (Å²) in [6.07, 6.45) is 7.36. The van der Waals surface area contributed by atoms with Crippen LogP contribution in [0.2, 0.25) is 0 Å². The van der Waals surface area contributed by atoms with Crippen molar-refractivity contribution in [3.05, 3.63) is 0 Å². The summed E-state index contributed by atoms with van der Waals surface area (Å²) >= 11 is 1.85. The van der Waals surface area contributed by atoms with Crippen molar-refractivity contribution in [3.63, 3.8) is 0 Å². The Morgan fingerprint density at radius 3 is 2.65 bits per heavy atom. The summed E-state index contributed by atoms with van der Waals surface area (Å²) in [6.45, 7) is 1.43. The van der Waals surface area contributed by atoms with E-state index in [4.69, 9.17) is 5.73 Å². The Labute approximate surface area is 125 Å². The van der Waals surface area contributed by atoms with Gasteiger partial charge in [0.1, 0.15) is 0 Å². The number of rotatable bonds is 3. The third kappa shape index (κ3) is 2.28. The molecule has 4 bridgehead atoms. The van der Waals surface area contributed by atoms with Crippen molar-refractivity contribution in [1.29, 1.82) is 0 Å². The summed E-state index contributed by atoms with van der Waals surface area (Å²) in [4.78, 5) is 14.2. The molecule has 5 heteroatoms. The highest BCUT2D eigenvalue weighted by Crippen LogP contribution is 2.56. The smallest absolute Gasteiger partial charge is 0.237 e. The van der Waals surface area contributed by atoms with Crippen LogP contribution in [0.1, 0.15) is 38.5 Å². The van der Waals surface area contributed by atoms with Gasteiger partial charge in [0, 0.05) is 23.4 Å². The largest absolute Gasteiger partial charge is 0.332 e. The molecule has 0 radical (unpaired) electrons. The molecule has 5 aliphatic rings. The van der Waals surface area contributed by atoms with E-state index in [2.05, 4.69) is 5.32 Å². The topological polar surface area (TPSA) is 58.4 Å². The molecule has 3 N–H and O–H groups in total. The maximum atomic E-state index is 12.2. The van der Waals surface area contributed by atoms with Crippen LogP contribution in [-0.2, 0) is 4.79 Å². The van der Waals surface area contributed by atoms with Crippen LogP contribution in [0.4, 0.5) is 0 Å². The van der Waals surface area contributed by atoms with E-state index in [0.29, 0.717) is 6.54 Å². The quantitative estimate of drug-likeness (QED) is 0.820. The average Bonchev–Trinajstić information content (AvgIpc) is 2.86. The summed E-state index contributed by atoms with van der Waals surface area (Å²) in [5.74, 6) is 3.83. The predicted molar refractivity (Wildman–Crippen MR) is 81.4 cm³/mol. The molecule has 112 valence electrons. The predicted octanol–water partition coefficient (Wildman–Crippen LogP) is 1.16. The minimum atomic E-state index is 0.0592. The van der Waals surface area contributed by atoms with Crippen LogP contribution in [0.25, 0.3) is 0 Å². The van der Waals surface area contributed by atoms with E-state index in [1.54, 1.807) is 0 Å². The molecule has 2 atom stereocenters. The summed E-state index contributed by atoms with van der Waals surface area (Å²) in [6, 6.07) is 0. The Morgan fingerprint density at radius 2 is 2.05 bits per heavy atom. The van der Waals surface area contributed by atoms with E-state index in [9.17, 15) is 4.79 Å². The van der Waals surface area contributed by atoms with Crippen molar-refractivity contribution in [2.75, 3.05) is 24.7 Å². The number of hydrogen-bond acceptors (Lipinski definition) is 4. The minimum Gasteiger partial charge on any atom is -0.332 e. The van der Waals surface area contributed by atoms with Crippen LogP contribution < -0.4 is 11.1 Å². The fourth-order valence-electron chi connectivity index (χ4n) is 5.53. The first kappa shape index (κ1) is 13.4. The van der Waals surface area contributed by atoms with Gasteiger partial charge in [0.2, 0.25) is 5.91 Å². The van der Waals surface area contributed by atoms with E-state index >= 15 is 0 Å². The van der Waals surface area contributed by atoms with Gasteiger partial charge in [-0.3, -0.25) is 4.79 Å². The SMILES string of the molecule is NC12CC3CC(C1)CC(NCC(=O)N1CCSC1)(C3)C2. The van der Waals surface area contributed by atoms with Gasteiger partial charge in [-0.05, 0) is 50.4 Å². The molecule has 0 aromatic heterocycles. The zero-order valence-corrected chi connectivity index (χ0v) is 12.9. The maximum Gasteiger partial charge on any atom is 0.237 e. The number of hydrogen-bond donors (Lipinski definition) is 2. The molecule has 0 spiro atoms. The van der Waals surface area contributed by atoms with Crippen LogP contribution in [-0.4, -0.2) is 46.6 Å². The zero-order valence-electron chi connectivity index (χ0n) is 12.1. The fourth-order valence-corrected chi connectivity index (χ4v) is 6.50. The van der Waals surface area contributed by atoms with Crippen LogP contribution in [0, 0.1) is 11.8 Å². The molecular formula is C15H25N3OS. The summed E-state index contributed by atoms with van der Waals surface area (Å²) in [7, 11) is 0. The van der Waals surface area contributed by atoms with Gasteiger partial charge < -0.3 is 16.0 Å². The van der Waals surface area contributed by atoms with E-state index < -0.39 is 0 Å². The molecule has 20 heavy (non-hydrogen) atoms. The Balaban J connectivity index is 1.42. The van der Waals surface area contributed by atoms with Crippen LogP contribution in [0.5, 0.6) is 0 Å². The second kappa shape index (κ2) is 4.62. The average molecular weight is 295 g/mol. The highest BCUT2D eigenvalue weighted by atomic mass is 32.2. The maximum absolute atomic E-state index is 12.2. The molecule has 4 saturated carbocycles. The standard InChI is InChI=1S/C15H25N3OS/c16-14-4-11-3-12(5-14)7-15(6-11,9-14)17-8-13(19)18-1-2-20-10-18/h11-12,17H,1-10,16H2. The summed E-state index contributed by atoms with van der Waals surface area (Å²) in [5.41, 5.74) is 6.82. The van der Waals surface area contributed by atoms with Gasteiger partial charge in [-0.25, -0.2) is 0 Å². The second-order valence-corrected chi connectivity index (χ2v) is 8.73. The van der Waals surface area contributed by atoms with Gasteiger partial charge in [-0.1, -0.05) is 0 Å². The minimum absolute atomic E-state index is 0.0592. The van der Waals surface area contributed by atoms with Crippen LogP contribution in [0.15, 0.2) is 0 Å². The number of nitrogens with two attached hydrogens (primary N) is 1. The number of nitrogens with one attached hydrogen (secondary N) is 1. The first-order chi connectivity index (χ1) is 9.56. The Morgan fingerprint density at radius 1 is 1.30 bits per heavy atom. The Bertz CT molecular complexity index is 407. The van der Waals surface area contributed by atoms with Crippen molar-refractivity contribution in [2.24, 2.45) is 17.6 Å². The molecule has 5 rings (SSSR count). The zero-order chi connectivity index (χ0) is 13.8. The number of thioether (sulfide) groups is 1. The highest BCUT2D eigenvalue weighted by Gasteiger charge is 2.56. The molecule has 0 aromatic rings. The molecular weight excluding hydrogens is 270 g/mol. The molecule has 2 unspecified atom stereocenters. The lowest BCUT2D eigenvalue weighted by molar-refractivity contribution is -0.130. The van der Waals surface area contributed by atoms with Crippen molar-refractivity contribution >= 4 is 17.7 Å². The first-order valence-corrected chi connectivity index (χ1v) is 9.11. The third-order valence-electron chi connectivity index (χ3n) is 5.83. The summed E-state index contributed by atoms with van der Waals surface area (Å²) in [5, 5.41) is 3.65. The number of carbonyl (C=O) groups excluding carboxylic acids is 1. The van der Waals surface area contributed by atoms with Gasteiger partial charge in [0.05, 0.1) is 12.4 Å². The summed E-state index contributed by atoms with van der Waals surface area (Å²) < 4.78 is 0. The molecule has 1 heterocycles. The van der Waals surface area contributed by atoms with Gasteiger partial charge in [0.25, 0.3) is 0 Å². The molecule has 5 fully saturated rings. The van der Waals surface area contributed by atoms with E-state index in [-0.39, 0.29) is 17.0 Å². The van der Waals surface area contributed by atoms with Crippen molar-refractivity contribution in [3.8, 4) is 0 Å². The normalized spacial score (nSPS) is 46.1. The van der Waals surface area contributed by atoms with Gasteiger partial charge >= 0.3 is 0 Å². The van der Waals surface area contributed by atoms with E-state index in [1.807, 2.05) is 16.7 Å².